The Balaban J connectivity index is 2.69. The highest BCUT2D eigenvalue weighted by atomic mass is 32.2. The summed E-state index contributed by atoms with van der Waals surface area (Å²) in [5, 5.41) is 0. The zero-order chi connectivity index (χ0) is 9.68. The third-order valence-electron chi connectivity index (χ3n) is 1.80. The summed E-state index contributed by atoms with van der Waals surface area (Å²) in [7, 11) is 2.04. The van der Waals surface area contributed by atoms with E-state index < -0.39 is 0 Å². The molecule has 3 heteroatoms. The maximum Gasteiger partial charge on any atom is 0.0606 e. The van der Waals surface area contributed by atoms with Crippen LogP contribution in [0.3, 0.4) is 0 Å². The van der Waals surface area contributed by atoms with Gasteiger partial charge in [0.1, 0.15) is 0 Å². The Morgan fingerprint density at radius 1 is 1.31 bits per heavy atom. The van der Waals surface area contributed by atoms with E-state index in [9.17, 15) is 0 Å². The van der Waals surface area contributed by atoms with Crippen LogP contribution in [-0.4, -0.2) is 18.7 Å². The quantitative estimate of drug-likeness (QED) is 0.465. The van der Waals surface area contributed by atoms with E-state index in [1.165, 1.54) is 10.6 Å². The topological polar surface area (TPSA) is 3.24 Å². The molecule has 0 amide bonds. The molecule has 0 heterocycles. The van der Waals surface area contributed by atoms with Crippen molar-refractivity contribution in [1.82, 2.24) is 0 Å². The lowest BCUT2D eigenvalue weighted by atomic mass is 10.3. The van der Waals surface area contributed by atoms with Gasteiger partial charge >= 0.3 is 0 Å². The standard InChI is InChI=1S/C10H15NS2/c1-3-13-10-6-4-9(5-7-10)11(2)8-12/h4-7,12H,3,8H2,1-2H3. The summed E-state index contributed by atoms with van der Waals surface area (Å²) < 4.78 is 0. The smallest absolute Gasteiger partial charge is 0.0606 e. The van der Waals surface area contributed by atoms with Crippen molar-refractivity contribution in [2.24, 2.45) is 0 Å². The van der Waals surface area contributed by atoms with Crippen LogP contribution in [-0.2, 0) is 0 Å². The SMILES string of the molecule is CCSc1ccc(N(C)CS)cc1. The molecule has 0 aliphatic carbocycles. The zero-order valence-corrected chi connectivity index (χ0v) is 9.74. The van der Waals surface area contributed by atoms with Crippen molar-refractivity contribution in [2.75, 3.05) is 23.6 Å². The summed E-state index contributed by atoms with van der Waals surface area (Å²) in [5.74, 6) is 1.88. The predicted molar refractivity (Wildman–Crippen MR) is 65.1 cm³/mol. The molecule has 1 nitrogen and oxygen atoms in total. The zero-order valence-electron chi connectivity index (χ0n) is 8.03. The second-order valence-corrected chi connectivity index (χ2v) is 4.39. The van der Waals surface area contributed by atoms with Crippen LogP contribution in [0.4, 0.5) is 5.69 Å². The molecule has 1 aromatic rings. The van der Waals surface area contributed by atoms with E-state index >= 15 is 0 Å². The molecule has 0 saturated heterocycles. The Morgan fingerprint density at radius 2 is 1.92 bits per heavy atom. The van der Waals surface area contributed by atoms with Crippen LogP contribution < -0.4 is 4.90 Å². The minimum Gasteiger partial charge on any atom is -0.366 e. The van der Waals surface area contributed by atoms with E-state index in [-0.39, 0.29) is 0 Å². The maximum absolute atomic E-state index is 4.21. The van der Waals surface area contributed by atoms with Crippen molar-refractivity contribution in [3.63, 3.8) is 0 Å². The number of hydrogen-bond acceptors (Lipinski definition) is 3. The summed E-state index contributed by atoms with van der Waals surface area (Å²) in [6, 6.07) is 8.58. The lowest BCUT2D eigenvalue weighted by Crippen LogP contribution is -2.13. The monoisotopic (exact) mass is 213 g/mol. The summed E-state index contributed by atoms with van der Waals surface area (Å²) in [4.78, 5) is 3.43. The lowest BCUT2D eigenvalue weighted by Gasteiger charge is -2.16. The molecule has 0 unspecified atom stereocenters. The van der Waals surface area contributed by atoms with Gasteiger partial charge in [-0.05, 0) is 30.0 Å². The van der Waals surface area contributed by atoms with Crippen LogP contribution in [0.5, 0.6) is 0 Å². The number of hydrogen-bond donors (Lipinski definition) is 1. The van der Waals surface area contributed by atoms with Crippen molar-refractivity contribution >= 4 is 30.1 Å². The Labute approximate surface area is 89.9 Å². The molecule has 0 aliphatic rings. The molecular weight excluding hydrogens is 198 g/mol. The van der Waals surface area contributed by atoms with Gasteiger partial charge in [-0.2, -0.15) is 12.6 Å². The van der Waals surface area contributed by atoms with Gasteiger partial charge in [0.2, 0.25) is 0 Å². The van der Waals surface area contributed by atoms with Crippen LogP contribution in [0.2, 0.25) is 0 Å². The van der Waals surface area contributed by atoms with Crippen molar-refractivity contribution in [1.29, 1.82) is 0 Å². The molecule has 0 radical (unpaired) electrons. The summed E-state index contributed by atoms with van der Waals surface area (Å²) >= 11 is 6.08. The van der Waals surface area contributed by atoms with Gasteiger partial charge in [-0.1, -0.05) is 6.92 Å². The Bertz CT molecular complexity index is 246. The summed E-state index contributed by atoms with van der Waals surface area (Å²) in [6.45, 7) is 2.17. The van der Waals surface area contributed by atoms with Crippen LogP contribution in [0, 0.1) is 0 Å². The van der Waals surface area contributed by atoms with Crippen LogP contribution in [0.25, 0.3) is 0 Å². The number of thioether (sulfide) groups is 1. The first-order chi connectivity index (χ1) is 6.27. The number of thiol groups is 1. The fraction of sp³-hybridized carbons (Fsp3) is 0.400. The highest BCUT2D eigenvalue weighted by Gasteiger charge is 1.97. The van der Waals surface area contributed by atoms with Crippen LogP contribution in [0.15, 0.2) is 29.2 Å². The first-order valence-corrected chi connectivity index (χ1v) is 5.94. The molecule has 72 valence electrons. The molecule has 0 fully saturated rings. The fourth-order valence-electron chi connectivity index (χ4n) is 1.05. The second kappa shape index (κ2) is 5.45. The number of rotatable bonds is 4. The number of benzene rings is 1. The van der Waals surface area contributed by atoms with Crippen LogP contribution in [0.1, 0.15) is 6.92 Å². The third-order valence-corrected chi connectivity index (χ3v) is 3.12. The fourth-order valence-corrected chi connectivity index (χ4v) is 1.87. The molecule has 0 spiro atoms. The molecule has 0 aromatic heterocycles. The summed E-state index contributed by atoms with van der Waals surface area (Å²) in [6.07, 6.45) is 0. The van der Waals surface area contributed by atoms with Gasteiger partial charge in [0.25, 0.3) is 0 Å². The van der Waals surface area contributed by atoms with Gasteiger partial charge in [-0.15, -0.1) is 11.8 Å². The molecule has 0 atom stereocenters. The Hall–Kier alpha value is -0.280. The lowest BCUT2D eigenvalue weighted by molar-refractivity contribution is 1.10. The highest BCUT2D eigenvalue weighted by Crippen LogP contribution is 2.21. The van der Waals surface area contributed by atoms with Crippen molar-refractivity contribution in [3.05, 3.63) is 24.3 Å². The van der Waals surface area contributed by atoms with E-state index in [1.54, 1.807) is 0 Å². The number of nitrogens with zero attached hydrogens (tertiary/aromatic N) is 1. The first-order valence-electron chi connectivity index (χ1n) is 4.32. The highest BCUT2D eigenvalue weighted by molar-refractivity contribution is 7.99. The molecule has 0 aliphatic heterocycles. The van der Waals surface area contributed by atoms with Gasteiger partial charge in [-0.3, -0.25) is 0 Å². The Morgan fingerprint density at radius 3 is 2.38 bits per heavy atom. The molecule has 1 aromatic carbocycles. The molecule has 1 rings (SSSR count). The summed E-state index contributed by atoms with van der Waals surface area (Å²) in [5.41, 5.74) is 1.22. The number of anilines is 1. The van der Waals surface area contributed by atoms with Crippen molar-refractivity contribution < 1.29 is 0 Å². The molecular formula is C10H15NS2. The van der Waals surface area contributed by atoms with Gasteiger partial charge < -0.3 is 4.90 Å². The van der Waals surface area contributed by atoms with E-state index in [2.05, 4.69) is 48.7 Å². The van der Waals surface area contributed by atoms with Gasteiger partial charge in [0.15, 0.2) is 0 Å². The van der Waals surface area contributed by atoms with Crippen molar-refractivity contribution in [2.45, 2.75) is 11.8 Å². The van der Waals surface area contributed by atoms with E-state index in [0.29, 0.717) is 0 Å². The average Bonchev–Trinajstić information content (AvgIpc) is 2.18. The van der Waals surface area contributed by atoms with Gasteiger partial charge in [0.05, 0.1) is 5.88 Å². The normalized spacial score (nSPS) is 10.1. The van der Waals surface area contributed by atoms with E-state index in [4.69, 9.17) is 0 Å². The van der Waals surface area contributed by atoms with E-state index in [0.717, 1.165) is 11.6 Å². The second-order valence-electron chi connectivity index (χ2n) is 2.77. The van der Waals surface area contributed by atoms with Gasteiger partial charge in [0, 0.05) is 17.6 Å². The Kier molecular flexibility index (Phi) is 4.53. The molecule has 0 saturated carbocycles. The van der Waals surface area contributed by atoms with Crippen molar-refractivity contribution in [3.8, 4) is 0 Å². The average molecular weight is 213 g/mol. The maximum atomic E-state index is 4.21. The molecule has 0 N–H and O–H groups in total. The minimum absolute atomic E-state index is 0.750. The largest absolute Gasteiger partial charge is 0.366 e. The van der Waals surface area contributed by atoms with Gasteiger partial charge in [-0.25, -0.2) is 0 Å². The first kappa shape index (κ1) is 10.8. The van der Waals surface area contributed by atoms with Crippen LogP contribution >= 0.6 is 24.4 Å². The third kappa shape index (κ3) is 3.16. The molecule has 0 bridgehead atoms. The van der Waals surface area contributed by atoms with E-state index in [1.807, 2.05) is 18.8 Å². The predicted octanol–water partition coefficient (Wildman–Crippen LogP) is 3.12. The molecule has 13 heavy (non-hydrogen) atoms. The minimum atomic E-state index is 0.750.